The highest BCUT2D eigenvalue weighted by molar-refractivity contribution is 7.85. The van der Waals surface area contributed by atoms with Gasteiger partial charge >= 0.3 is 11.9 Å². The van der Waals surface area contributed by atoms with E-state index in [1.54, 1.807) is 0 Å². The van der Waals surface area contributed by atoms with Gasteiger partial charge < -0.3 is 34.3 Å². The smallest absolute Gasteiger partial charge is 0.306 e. The number of unbranched alkanes of at least 4 members (excludes halogenated alkanes) is 21. The number of rotatable bonds is 39. The molecule has 1 aliphatic heterocycles. The van der Waals surface area contributed by atoms with Crippen LogP contribution in [-0.2, 0) is 38.7 Å². The number of aliphatic hydroxyl groups is 3. The van der Waals surface area contributed by atoms with Gasteiger partial charge in [-0.2, -0.15) is 8.42 Å². The van der Waals surface area contributed by atoms with Crippen LogP contribution in [0.3, 0.4) is 0 Å². The van der Waals surface area contributed by atoms with Gasteiger partial charge in [-0.1, -0.05) is 147 Å². The van der Waals surface area contributed by atoms with E-state index in [0.717, 1.165) is 77.0 Å². The third kappa shape index (κ3) is 31.7. The number of carbonyl (C=O) groups excluding carboxylic acids is 2. The van der Waals surface area contributed by atoms with E-state index in [-0.39, 0.29) is 19.4 Å². The first-order valence-corrected chi connectivity index (χ1v) is 25.2. The van der Waals surface area contributed by atoms with Crippen LogP contribution in [0.25, 0.3) is 0 Å². The molecule has 4 N–H and O–H groups in total. The summed E-state index contributed by atoms with van der Waals surface area (Å²) in [6.07, 6.45) is 33.2. The van der Waals surface area contributed by atoms with Gasteiger partial charge in [-0.3, -0.25) is 14.1 Å². The minimum Gasteiger partial charge on any atom is -0.462 e. The Morgan fingerprint density at radius 3 is 1.52 bits per heavy atom. The van der Waals surface area contributed by atoms with E-state index in [1.165, 1.54) is 77.0 Å². The molecule has 1 heterocycles. The van der Waals surface area contributed by atoms with Gasteiger partial charge in [0.05, 0.1) is 6.61 Å². The van der Waals surface area contributed by atoms with Gasteiger partial charge in [0, 0.05) is 12.8 Å². The number of hydrogen-bond donors (Lipinski definition) is 4. The quantitative estimate of drug-likeness (QED) is 0.0199. The monoisotopic (exact) mass is 873 g/mol. The Kier molecular flexibility index (Phi) is 34.9. The number of carbonyl (C=O) groups is 2. The zero-order valence-electron chi connectivity index (χ0n) is 37.3. The van der Waals surface area contributed by atoms with Gasteiger partial charge in [-0.05, 0) is 70.6 Å². The molecule has 0 aromatic heterocycles. The van der Waals surface area contributed by atoms with E-state index in [9.17, 15) is 37.9 Å². The molecule has 0 radical (unpaired) electrons. The molecule has 1 fully saturated rings. The van der Waals surface area contributed by atoms with Crippen molar-refractivity contribution in [1.29, 1.82) is 0 Å². The molecule has 0 aromatic rings. The first-order valence-electron chi connectivity index (χ1n) is 23.5. The number of aliphatic hydroxyl groups excluding tert-OH is 3. The summed E-state index contributed by atoms with van der Waals surface area (Å²) in [5.74, 6) is -2.00. The van der Waals surface area contributed by atoms with E-state index in [2.05, 4.69) is 50.3 Å². The topological polar surface area (TPSA) is 186 Å². The average Bonchev–Trinajstić information content (AvgIpc) is 3.21. The maximum Gasteiger partial charge on any atom is 0.306 e. The Hall–Kier alpha value is -2.13. The number of allylic oxidation sites excluding steroid dienone is 6. The van der Waals surface area contributed by atoms with Crippen molar-refractivity contribution in [2.24, 2.45) is 0 Å². The third-order valence-electron chi connectivity index (χ3n) is 10.7. The van der Waals surface area contributed by atoms with Crippen molar-refractivity contribution in [3.05, 3.63) is 36.5 Å². The van der Waals surface area contributed by atoms with Gasteiger partial charge in [0.1, 0.15) is 36.8 Å². The van der Waals surface area contributed by atoms with Crippen molar-refractivity contribution in [2.75, 3.05) is 19.0 Å². The first-order chi connectivity index (χ1) is 29.0. The molecule has 0 aliphatic carbocycles. The molecule has 60 heavy (non-hydrogen) atoms. The molecule has 1 aliphatic rings. The van der Waals surface area contributed by atoms with Gasteiger partial charge in [-0.25, -0.2) is 0 Å². The normalized spacial score (nSPS) is 20.4. The van der Waals surface area contributed by atoms with Crippen LogP contribution in [0.5, 0.6) is 0 Å². The number of esters is 2. The zero-order valence-corrected chi connectivity index (χ0v) is 38.1. The standard InChI is InChI=1S/C47H84O12S/c1-3-5-7-9-11-13-15-17-18-19-20-21-22-24-26-28-30-32-34-36-43(49)58-40(38-57-47-46(52)45(51)44(50)41(59-47)39-60(53,54)55)37-56-42(48)35-33-31-29-27-25-23-16-14-12-10-8-6-4-2/h11,13-14,16-18,40-41,44-47,50-52H,3-10,12,15,19-39H2,1-2H3,(H,53,54,55)/b13-11+,16-14+,18-17+/t40-,41-,44-,45?,46?,47+/m1/s1. The second kappa shape index (κ2) is 37.4. The Labute approximate surface area is 363 Å². The molecule has 0 spiro atoms. The van der Waals surface area contributed by atoms with Crippen LogP contribution in [0, 0.1) is 0 Å². The van der Waals surface area contributed by atoms with E-state index in [4.69, 9.17) is 18.9 Å². The van der Waals surface area contributed by atoms with Gasteiger partial charge in [0.25, 0.3) is 10.1 Å². The second-order valence-electron chi connectivity index (χ2n) is 16.4. The maximum atomic E-state index is 12.8. The van der Waals surface area contributed by atoms with Gasteiger partial charge in [0.2, 0.25) is 0 Å². The molecule has 2 unspecified atom stereocenters. The van der Waals surface area contributed by atoms with E-state index >= 15 is 0 Å². The lowest BCUT2D eigenvalue weighted by molar-refractivity contribution is -0.297. The zero-order chi connectivity index (χ0) is 44.1. The van der Waals surface area contributed by atoms with Crippen molar-refractivity contribution in [3.8, 4) is 0 Å². The minimum absolute atomic E-state index is 0.158. The second-order valence-corrected chi connectivity index (χ2v) is 17.9. The summed E-state index contributed by atoms with van der Waals surface area (Å²) in [7, 11) is -4.60. The fraction of sp³-hybridized carbons (Fsp3) is 0.830. The van der Waals surface area contributed by atoms with Crippen LogP contribution in [0.4, 0.5) is 0 Å². The predicted octanol–water partition coefficient (Wildman–Crippen LogP) is 9.78. The highest BCUT2D eigenvalue weighted by atomic mass is 32.2. The lowest BCUT2D eigenvalue weighted by atomic mass is 10.00. The van der Waals surface area contributed by atoms with Crippen molar-refractivity contribution in [2.45, 2.75) is 230 Å². The summed E-state index contributed by atoms with van der Waals surface area (Å²) < 4.78 is 54.1. The molecule has 0 aromatic carbocycles. The largest absolute Gasteiger partial charge is 0.462 e. The summed E-state index contributed by atoms with van der Waals surface area (Å²) in [5.41, 5.74) is 0. The Morgan fingerprint density at radius 1 is 0.567 bits per heavy atom. The summed E-state index contributed by atoms with van der Waals surface area (Å²) in [6.45, 7) is 3.71. The molecule has 0 saturated carbocycles. The molecule has 6 atom stereocenters. The summed E-state index contributed by atoms with van der Waals surface area (Å²) in [6, 6.07) is 0. The van der Waals surface area contributed by atoms with Gasteiger partial charge in [-0.15, -0.1) is 0 Å². The Bertz CT molecular complexity index is 1250. The fourth-order valence-corrected chi connectivity index (χ4v) is 7.69. The average molecular weight is 873 g/mol. The summed E-state index contributed by atoms with van der Waals surface area (Å²) in [4.78, 5) is 25.4. The molecule has 12 nitrogen and oxygen atoms in total. The summed E-state index contributed by atoms with van der Waals surface area (Å²) in [5, 5.41) is 30.9. The number of ether oxygens (including phenoxy) is 4. The highest BCUT2D eigenvalue weighted by Gasteiger charge is 2.46. The van der Waals surface area contributed by atoms with Gasteiger partial charge in [0.15, 0.2) is 12.4 Å². The van der Waals surface area contributed by atoms with E-state index in [1.807, 2.05) is 0 Å². The molecule has 0 amide bonds. The molecule has 13 heteroatoms. The van der Waals surface area contributed by atoms with Crippen molar-refractivity contribution >= 4 is 22.1 Å². The van der Waals surface area contributed by atoms with Crippen LogP contribution in [0.15, 0.2) is 36.5 Å². The van der Waals surface area contributed by atoms with Crippen LogP contribution in [-0.4, -0.2) is 96.0 Å². The third-order valence-corrected chi connectivity index (χ3v) is 11.4. The predicted molar refractivity (Wildman–Crippen MR) is 238 cm³/mol. The number of hydrogen-bond acceptors (Lipinski definition) is 11. The van der Waals surface area contributed by atoms with Crippen LogP contribution in [0.2, 0.25) is 0 Å². The molecule has 1 rings (SSSR count). The minimum atomic E-state index is -4.60. The molecular formula is C47H84O12S. The molecule has 1 saturated heterocycles. The Morgan fingerprint density at radius 2 is 1.00 bits per heavy atom. The van der Waals surface area contributed by atoms with Crippen LogP contribution >= 0.6 is 0 Å². The van der Waals surface area contributed by atoms with Crippen LogP contribution in [0.1, 0.15) is 194 Å². The highest BCUT2D eigenvalue weighted by Crippen LogP contribution is 2.24. The van der Waals surface area contributed by atoms with Crippen molar-refractivity contribution in [1.82, 2.24) is 0 Å². The molecular weight excluding hydrogens is 789 g/mol. The maximum absolute atomic E-state index is 12.8. The molecule has 350 valence electrons. The SMILES string of the molecule is CCCCC/C=C/C/C=C/CCCCCCCCCCCC(=O)O[C@H](COC(=O)CCCCCCC/C=C/CCCCCC)CO[C@H]1O[C@H](CS(=O)(=O)O)[C@@H](O)C(O)C1O. The lowest BCUT2D eigenvalue weighted by Crippen LogP contribution is -2.60. The van der Waals surface area contributed by atoms with Crippen molar-refractivity contribution in [3.63, 3.8) is 0 Å². The van der Waals surface area contributed by atoms with E-state index in [0.29, 0.717) is 12.8 Å². The molecule has 0 bridgehead atoms. The van der Waals surface area contributed by atoms with Crippen molar-refractivity contribution < 1.29 is 56.8 Å². The van der Waals surface area contributed by atoms with Crippen LogP contribution < -0.4 is 0 Å². The Balaban J connectivity index is 2.42. The summed E-state index contributed by atoms with van der Waals surface area (Å²) >= 11 is 0. The lowest BCUT2D eigenvalue weighted by Gasteiger charge is -2.40. The fourth-order valence-electron chi connectivity index (χ4n) is 7.00. The first kappa shape index (κ1) is 55.9. The van der Waals surface area contributed by atoms with E-state index < -0.39 is 71.2 Å².